The molecule has 8 heteroatoms. The molecule has 2 aromatic carbocycles. The molecule has 0 spiro atoms. The van der Waals surface area contributed by atoms with E-state index in [1.54, 1.807) is 19.1 Å². The van der Waals surface area contributed by atoms with Crippen molar-refractivity contribution in [3.8, 4) is 17.1 Å². The normalized spacial score (nSPS) is 10.8. The number of rotatable bonds is 8. The third kappa shape index (κ3) is 6.32. The maximum absolute atomic E-state index is 12.3. The van der Waals surface area contributed by atoms with E-state index >= 15 is 0 Å². The Morgan fingerprint density at radius 1 is 1.17 bits per heavy atom. The highest BCUT2D eigenvalue weighted by molar-refractivity contribution is 5.89. The van der Waals surface area contributed by atoms with Crippen molar-refractivity contribution in [2.24, 2.45) is 0 Å². The van der Waals surface area contributed by atoms with E-state index < -0.39 is 0 Å². The number of carbonyl (C=O) groups is 1. The number of amides is 2. The first-order chi connectivity index (χ1) is 14.0. The van der Waals surface area contributed by atoms with Crippen molar-refractivity contribution < 1.29 is 14.1 Å². The Labute approximate surface area is 169 Å². The number of hydrogen-bond donors (Lipinski definition) is 2. The van der Waals surface area contributed by atoms with Gasteiger partial charge in [0, 0.05) is 31.3 Å². The van der Waals surface area contributed by atoms with Crippen molar-refractivity contribution in [1.82, 2.24) is 20.4 Å². The van der Waals surface area contributed by atoms with Crippen molar-refractivity contribution in [3.05, 3.63) is 60.0 Å². The van der Waals surface area contributed by atoms with Crippen LogP contribution in [-0.2, 0) is 6.54 Å². The van der Waals surface area contributed by atoms with Gasteiger partial charge in [0.05, 0.1) is 0 Å². The minimum atomic E-state index is -0.301. The van der Waals surface area contributed by atoms with E-state index in [-0.39, 0.29) is 6.03 Å². The largest absolute Gasteiger partial charge is 0.492 e. The minimum absolute atomic E-state index is 0.301. The van der Waals surface area contributed by atoms with Crippen LogP contribution in [0.2, 0.25) is 0 Å². The number of benzene rings is 2. The van der Waals surface area contributed by atoms with Crippen LogP contribution in [0, 0.1) is 6.92 Å². The summed E-state index contributed by atoms with van der Waals surface area (Å²) in [5.74, 6) is 1.76. The summed E-state index contributed by atoms with van der Waals surface area (Å²) in [7, 11) is 4.00. The molecule has 0 radical (unpaired) electrons. The molecule has 0 aliphatic heterocycles. The van der Waals surface area contributed by atoms with E-state index in [2.05, 4.69) is 25.7 Å². The average Bonchev–Trinajstić information content (AvgIpc) is 3.13. The standard InChI is InChI=1S/C21H25N5O3/c1-15-23-20(25-29-15)17-7-5-8-18(13-17)24-21(27)22-14-16-6-4-9-19(12-16)28-11-10-26(2)3/h4-9,12-13H,10-11,14H2,1-3H3,(H2,22,24,27). The van der Waals surface area contributed by atoms with Crippen molar-refractivity contribution >= 4 is 11.7 Å². The second-order valence-electron chi connectivity index (χ2n) is 6.82. The van der Waals surface area contributed by atoms with Crippen LogP contribution < -0.4 is 15.4 Å². The number of carbonyl (C=O) groups excluding carboxylic acids is 1. The number of hydrogen-bond acceptors (Lipinski definition) is 6. The summed E-state index contributed by atoms with van der Waals surface area (Å²) in [4.78, 5) is 18.5. The van der Waals surface area contributed by atoms with Crippen LogP contribution >= 0.6 is 0 Å². The van der Waals surface area contributed by atoms with Gasteiger partial charge >= 0.3 is 6.03 Å². The second kappa shape index (κ2) is 9.70. The molecule has 1 heterocycles. The van der Waals surface area contributed by atoms with Crippen molar-refractivity contribution in [1.29, 1.82) is 0 Å². The van der Waals surface area contributed by atoms with E-state index in [4.69, 9.17) is 9.26 Å². The first-order valence-corrected chi connectivity index (χ1v) is 9.31. The molecule has 0 saturated heterocycles. The van der Waals surface area contributed by atoms with E-state index in [0.717, 1.165) is 23.4 Å². The molecule has 29 heavy (non-hydrogen) atoms. The van der Waals surface area contributed by atoms with E-state index in [1.807, 2.05) is 50.5 Å². The monoisotopic (exact) mass is 395 g/mol. The summed E-state index contributed by atoms with van der Waals surface area (Å²) in [6.45, 7) is 3.57. The molecule has 0 atom stereocenters. The zero-order valence-electron chi connectivity index (χ0n) is 16.8. The summed E-state index contributed by atoms with van der Waals surface area (Å²) < 4.78 is 10.7. The molecule has 0 unspecified atom stereocenters. The Kier molecular flexibility index (Phi) is 6.80. The Balaban J connectivity index is 1.52. The lowest BCUT2D eigenvalue weighted by atomic mass is 10.2. The molecule has 3 rings (SSSR count). The van der Waals surface area contributed by atoms with Crippen LogP contribution in [0.4, 0.5) is 10.5 Å². The van der Waals surface area contributed by atoms with Crippen molar-refractivity contribution in [2.45, 2.75) is 13.5 Å². The number of urea groups is 1. The third-order valence-electron chi connectivity index (χ3n) is 4.06. The van der Waals surface area contributed by atoms with Gasteiger partial charge in [-0.3, -0.25) is 0 Å². The van der Waals surface area contributed by atoms with Crippen molar-refractivity contribution in [2.75, 3.05) is 32.6 Å². The predicted octanol–water partition coefficient (Wildman–Crippen LogP) is 3.31. The molecule has 8 nitrogen and oxygen atoms in total. The molecule has 0 aliphatic rings. The van der Waals surface area contributed by atoms with E-state index in [1.165, 1.54) is 0 Å². The molecule has 0 saturated carbocycles. The number of anilines is 1. The lowest BCUT2D eigenvalue weighted by Crippen LogP contribution is -2.28. The topological polar surface area (TPSA) is 92.5 Å². The highest BCUT2D eigenvalue weighted by Gasteiger charge is 2.08. The van der Waals surface area contributed by atoms with Gasteiger partial charge in [0.25, 0.3) is 0 Å². The number of nitrogens with one attached hydrogen (secondary N) is 2. The summed E-state index contributed by atoms with van der Waals surface area (Å²) in [6, 6.07) is 14.7. The van der Waals surface area contributed by atoms with Gasteiger partial charge in [-0.1, -0.05) is 29.4 Å². The van der Waals surface area contributed by atoms with Gasteiger partial charge < -0.3 is 24.8 Å². The van der Waals surface area contributed by atoms with Crippen LogP contribution in [0.5, 0.6) is 5.75 Å². The molecule has 0 aliphatic carbocycles. The van der Waals surface area contributed by atoms with Gasteiger partial charge in [-0.2, -0.15) is 4.98 Å². The van der Waals surface area contributed by atoms with Gasteiger partial charge in [-0.25, -0.2) is 4.79 Å². The van der Waals surface area contributed by atoms with Crippen molar-refractivity contribution in [3.63, 3.8) is 0 Å². The molecular formula is C21H25N5O3. The van der Waals surface area contributed by atoms with Gasteiger partial charge in [0.15, 0.2) is 0 Å². The molecule has 2 amide bonds. The van der Waals surface area contributed by atoms with Gasteiger partial charge in [0.2, 0.25) is 11.7 Å². The van der Waals surface area contributed by atoms with E-state index in [0.29, 0.717) is 30.6 Å². The number of aryl methyl sites for hydroxylation is 1. The Bertz CT molecular complexity index is 955. The van der Waals surface area contributed by atoms with Crippen LogP contribution in [-0.4, -0.2) is 48.3 Å². The minimum Gasteiger partial charge on any atom is -0.492 e. The SMILES string of the molecule is Cc1nc(-c2cccc(NC(=O)NCc3cccc(OCCN(C)C)c3)c2)no1. The average molecular weight is 395 g/mol. The summed E-state index contributed by atoms with van der Waals surface area (Å²) in [6.07, 6.45) is 0. The van der Waals surface area contributed by atoms with Gasteiger partial charge in [0.1, 0.15) is 12.4 Å². The Hall–Kier alpha value is -3.39. The Morgan fingerprint density at radius 3 is 2.76 bits per heavy atom. The zero-order chi connectivity index (χ0) is 20.6. The fraction of sp³-hybridized carbons (Fsp3) is 0.286. The molecule has 1 aromatic heterocycles. The fourth-order valence-electron chi connectivity index (χ4n) is 2.60. The van der Waals surface area contributed by atoms with Crippen LogP contribution in [0.15, 0.2) is 53.1 Å². The lowest BCUT2D eigenvalue weighted by molar-refractivity contribution is 0.251. The number of ether oxygens (including phenoxy) is 1. The maximum atomic E-state index is 12.3. The first kappa shape index (κ1) is 20.3. The number of nitrogens with zero attached hydrogens (tertiary/aromatic N) is 3. The predicted molar refractivity (Wildman–Crippen MR) is 111 cm³/mol. The fourth-order valence-corrected chi connectivity index (χ4v) is 2.60. The van der Waals surface area contributed by atoms with Crippen LogP contribution in [0.25, 0.3) is 11.4 Å². The Morgan fingerprint density at radius 2 is 2.00 bits per heavy atom. The second-order valence-corrected chi connectivity index (χ2v) is 6.82. The number of likely N-dealkylation sites (N-methyl/N-ethyl adjacent to an activating group) is 1. The summed E-state index contributed by atoms with van der Waals surface area (Å²) >= 11 is 0. The molecule has 2 N–H and O–H groups in total. The summed E-state index contributed by atoms with van der Waals surface area (Å²) in [5.41, 5.74) is 2.36. The smallest absolute Gasteiger partial charge is 0.319 e. The molecule has 0 fully saturated rings. The number of aromatic nitrogens is 2. The lowest BCUT2D eigenvalue weighted by Gasteiger charge is -2.12. The third-order valence-corrected chi connectivity index (χ3v) is 4.06. The first-order valence-electron chi connectivity index (χ1n) is 9.31. The van der Waals surface area contributed by atoms with E-state index in [9.17, 15) is 4.79 Å². The molecular weight excluding hydrogens is 370 g/mol. The quantitative estimate of drug-likeness (QED) is 0.608. The highest BCUT2D eigenvalue weighted by atomic mass is 16.5. The zero-order valence-corrected chi connectivity index (χ0v) is 16.8. The van der Waals surface area contributed by atoms with Gasteiger partial charge in [-0.15, -0.1) is 0 Å². The van der Waals surface area contributed by atoms with Crippen LogP contribution in [0.1, 0.15) is 11.5 Å². The molecule has 0 bridgehead atoms. The highest BCUT2D eigenvalue weighted by Crippen LogP contribution is 2.20. The maximum Gasteiger partial charge on any atom is 0.319 e. The molecule has 3 aromatic rings. The van der Waals surface area contributed by atoms with Gasteiger partial charge in [-0.05, 0) is 43.9 Å². The van der Waals surface area contributed by atoms with Crippen LogP contribution in [0.3, 0.4) is 0 Å². The molecule has 152 valence electrons. The summed E-state index contributed by atoms with van der Waals surface area (Å²) in [5, 5.41) is 9.56.